The first-order chi connectivity index (χ1) is 10.0. The number of likely N-dealkylation sites (tertiary alicyclic amines) is 1. The van der Waals surface area contributed by atoms with E-state index >= 15 is 0 Å². The van der Waals surface area contributed by atoms with E-state index in [0.29, 0.717) is 0 Å². The van der Waals surface area contributed by atoms with Crippen molar-refractivity contribution in [3.63, 3.8) is 0 Å². The van der Waals surface area contributed by atoms with Gasteiger partial charge in [-0.3, -0.25) is 9.69 Å². The molecule has 1 saturated heterocycles. The molecule has 1 aromatic rings. The third-order valence-electron chi connectivity index (χ3n) is 3.98. The maximum Gasteiger partial charge on any atom is 0.217 e. The average Bonchev–Trinajstić information content (AvgIpc) is 2.86. The average molecular weight is 291 g/mol. The van der Waals surface area contributed by atoms with Crippen molar-refractivity contribution >= 4 is 5.91 Å². The largest absolute Gasteiger partial charge is 0.496 e. The minimum Gasteiger partial charge on any atom is -0.496 e. The van der Waals surface area contributed by atoms with Crippen molar-refractivity contribution in [2.45, 2.75) is 38.4 Å². The second kappa shape index (κ2) is 6.91. The molecular formula is C16H25N3O2. The zero-order valence-corrected chi connectivity index (χ0v) is 13.0. The Balaban J connectivity index is 2.19. The fraction of sp³-hybridized carbons (Fsp3) is 0.562. The Morgan fingerprint density at radius 1 is 1.48 bits per heavy atom. The van der Waals surface area contributed by atoms with Gasteiger partial charge in [0.1, 0.15) is 5.75 Å². The Kier molecular flexibility index (Phi) is 5.20. The van der Waals surface area contributed by atoms with E-state index in [0.717, 1.165) is 30.8 Å². The van der Waals surface area contributed by atoms with E-state index in [1.54, 1.807) is 14.0 Å². The Morgan fingerprint density at radius 3 is 2.81 bits per heavy atom. The molecule has 1 aromatic carbocycles. The van der Waals surface area contributed by atoms with Crippen LogP contribution in [0.25, 0.3) is 0 Å². The zero-order chi connectivity index (χ0) is 15.4. The highest BCUT2D eigenvalue weighted by Gasteiger charge is 2.32. The fourth-order valence-corrected chi connectivity index (χ4v) is 3.17. The Labute approximate surface area is 126 Å². The van der Waals surface area contributed by atoms with Crippen LogP contribution in [-0.2, 0) is 4.79 Å². The van der Waals surface area contributed by atoms with Crippen molar-refractivity contribution in [2.24, 2.45) is 5.73 Å². The van der Waals surface area contributed by atoms with Gasteiger partial charge in [-0.2, -0.15) is 0 Å². The Morgan fingerprint density at radius 2 is 2.19 bits per heavy atom. The number of nitrogens with zero attached hydrogens (tertiary/aromatic N) is 1. The van der Waals surface area contributed by atoms with Gasteiger partial charge in [0, 0.05) is 37.7 Å². The third kappa shape index (κ3) is 3.74. The summed E-state index contributed by atoms with van der Waals surface area (Å²) in [5, 5.41) is 2.99. The summed E-state index contributed by atoms with van der Waals surface area (Å²) in [6.07, 6.45) is 0.956. The van der Waals surface area contributed by atoms with Crippen LogP contribution in [0.15, 0.2) is 24.3 Å². The summed E-state index contributed by atoms with van der Waals surface area (Å²) < 4.78 is 5.48. The lowest BCUT2D eigenvalue weighted by atomic mass is 9.98. The van der Waals surface area contributed by atoms with Gasteiger partial charge in [-0.25, -0.2) is 0 Å². The maximum atomic E-state index is 11.2. The molecule has 5 nitrogen and oxygen atoms in total. The molecule has 0 spiro atoms. The van der Waals surface area contributed by atoms with Crippen molar-refractivity contribution in [2.75, 3.05) is 20.2 Å². The summed E-state index contributed by atoms with van der Waals surface area (Å²) in [5.74, 6) is 0.888. The number of ether oxygens (including phenoxy) is 1. The summed E-state index contributed by atoms with van der Waals surface area (Å²) in [5.41, 5.74) is 7.34. The van der Waals surface area contributed by atoms with Gasteiger partial charge in [0.05, 0.1) is 13.2 Å². The molecule has 0 saturated carbocycles. The molecule has 0 bridgehead atoms. The van der Waals surface area contributed by atoms with Crippen LogP contribution in [0.5, 0.6) is 5.75 Å². The van der Waals surface area contributed by atoms with Crippen LogP contribution in [0.1, 0.15) is 31.9 Å². The normalized spacial score (nSPS) is 21.8. The molecule has 3 N–H and O–H groups in total. The number of carbonyl (C=O) groups excluding carboxylic acids is 1. The highest BCUT2D eigenvalue weighted by molar-refractivity contribution is 5.73. The van der Waals surface area contributed by atoms with Crippen molar-refractivity contribution in [3.05, 3.63) is 29.8 Å². The van der Waals surface area contributed by atoms with Crippen LogP contribution in [0, 0.1) is 0 Å². The van der Waals surface area contributed by atoms with E-state index in [4.69, 9.17) is 10.5 Å². The van der Waals surface area contributed by atoms with Gasteiger partial charge in [0.25, 0.3) is 0 Å². The van der Waals surface area contributed by atoms with Gasteiger partial charge >= 0.3 is 0 Å². The van der Waals surface area contributed by atoms with Crippen LogP contribution >= 0.6 is 0 Å². The number of para-hydroxylation sites is 1. The number of rotatable bonds is 5. The molecule has 1 heterocycles. The SMILES string of the molecule is COc1ccccc1C(C(C)N)N1CCC(NC(C)=O)C1. The maximum absolute atomic E-state index is 11.2. The molecule has 0 aromatic heterocycles. The second-order valence-electron chi connectivity index (χ2n) is 5.73. The van der Waals surface area contributed by atoms with E-state index in [-0.39, 0.29) is 24.0 Å². The first-order valence-corrected chi connectivity index (χ1v) is 7.42. The van der Waals surface area contributed by atoms with E-state index in [1.165, 1.54) is 0 Å². The van der Waals surface area contributed by atoms with Gasteiger partial charge in [-0.05, 0) is 19.4 Å². The van der Waals surface area contributed by atoms with Crippen LogP contribution in [-0.4, -0.2) is 43.1 Å². The number of hydrogen-bond acceptors (Lipinski definition) is 4. The van der Waals surface area contributed by atoms with Gasteiger partial charge in [-0.1, -0.05) is 18.2 Å². The molecule has 1 amide bonds. The minimum absolute atomic E-state index is 0.0163. The number of amides is 1. The summed E-state index contributed by atoms with van der Waals surface area (Å²) in [7, 11) is 1.68. The number of nitrogens with two attached hydrogens (primary N) is 1. The predicted octanol–water partition coefficient (Wildman–Crippen LogP) is 1.29. The summed E-state index contributed by atoms with van der Waals surface area (Å²) in [6.45, 7) is 5.33. The smallest absolute Gasteiger partial charge is 0.217 e. The highest BCUT2D eigenvalue weighted by Crippen LogP contribution is 2.33. The molecule has 21 heavy (non-hydrogen) atoms. The first-order valence-electron chi connectivity index (χ1n) is 7.42. The molecular weight excluding hydrogens is 266 g/mol. The van der Waals surface area contributed by atoms with Crippen molar-refractivity contribution < 1.29 is 9.53 Å². The van der Waals surface area contributed by atoms with Crippen LogP contribution < -0.4 is 15.8 Å². The van der Waals surface area contributed by atoms with E-state index in [1.807, 2.05) is 25.1 Å². The lowest BCUT2D eigenvalue weighted by Gasteiger charge is -2.32. The molecule has 1 fully saturated rings. The summed E-state index contributed by atoms with van der Waals surface area (Å²) in [6, 6.07) is 8.29. The summed E-state index contributed by atoms with van der Waals surface area (Å²) in [4.78, 5) is 13.5. The predicted molar refractivity (Wildman–Crippen MR) is 83.2 cm³/mol. The monoisotopic (exact) mass is 291 g/mol. The van der Waals surface area contributed by atoms with Gasteiger partial charge in [0.15, 0.2) is 0 Å². The lowest BCUT2D eigenvalue weighted by molar-refractivity contribution is -0.119. The fourth-order valence-electron chi connectivity index (χ4n) is 3.17. The number of methoxy groups -OCH3 is 1. The number of carbonyl (C=O) groups is 1. The molecule has 5 heteroatoms. The van der Waals surface area contributed by atoms with E-state index in [9.17, 15) is 4.79 Å². The Hall–Kier alpha value is -1.59. The Bertz CT molecular complexity index is 490. The first kappa shape index (κ1) is 15.8. The topological polar surface area (TPSA) is 67.6 Å². The van der Waals surface area contributed by atoms with Crippen LogP contribution in [0.2, 0.25) is 0 Å². The zero-order valence-electron chi connectivity index (χ0n) is 13.0. The lowest BCUT2D eigenvalue weighted by Crippen LogP contribution is -2.41. The molecule has 3 unspecified atom stereocenters. The van der Waals surface area contributed by atoms with Crippen LogP contribution in [0.3, 0.4) is 0 Å². The molecule has 116 valence electrons. The number of nitrogens with one attached hydrogen (secondary N) is 1. The third-order valence-corrected chi connectivity index (χ3v) is 3.98. The quantitative estimate of drug-likeness (QED) is 0.858. The van der Waals surface area contributed by atoms with Crippen molar-refractivity contribution in [1.82, 2.24) is 10.2 Å². The van der Waals surface area contributed by atoms with E-state index in [2.05, 4.69) is 16.3 Å². The minimum atomic E-state index is -0.0163. The van der Waals surface area contributed by atoms with Crippen molar-refractivity contribution in [1.29, 1.82) is 0 Å². The molecule has 2 rings (SSSR count). The molecule has 0 radical (unpaired) electrons. The van der Waals surface area contributed by atoms with Gasteiger partial charge in [0.2, 0.25) is 5.91 Å². The van der Waals surface area contributed by atoms with Crippen LogP contribution in [0.4, 0.5) is 0 Å². The second-order valence-corrected chi connectivity index (χ2v) is 5.73. The molecule has 0 aliphatic carbocycles. The standard InChI is InChI=1S/C16H25N3O2/c1-11(17)16(14-6-4-5-7-15(14)21-3)19-9-8-13(10-19)18-12(2)20/h4-7,11,13,16H,8-10,17H2,1-3H3,(H,18,20). The number of benzene rings is 1. The number of hydrogen-bond donors (Lipinski definition) is 2. The van der Waals surface area contributed by atoms with E-state index < -0.39 is 0 Å². The van der Waals surface area contributed by atoms with Gasteiger partial charge < -0.3 is 15.8 Å². The highest BCUT2D eigenvalue weighted by atomic mass is 16.5. The molecule has 3 atom stereocenters. The molecule has 1 aliphatic heterocycles. The van der Waals surface area contributed by atoms with Crippen molar-refractivity contribution in [3.8, 4) is 5.75 Å². The van der Waals surface area contributed by atoms with Gasteiger partial charge in [-0.15, -0.1) is 0 Å². The summed E-state index contributed by atoms with van der Waals surface area (Å²) >= 11 is 0. The molecule has 1 aliphatic rings.